The van der Waals surface area contributed by atoms with Gasteiger partial charge < -0.3 is 9.73 Å². The fraction of sp³-hybridized carbons (Fsp3) is 0.389. The van der Waals surface area contributed by atoms with Gasteiger partial charge in [-0.05, 0) is 50.2 Å². The summed E-state index contributed by atoms with van der Waals surface area (Å²) < 4.78 is 5.55. The molecule has 1 aromatic heterocycles. The van der Waals surface area contributed by atoms with E-state index in [1.54, 1.807) is 6.26 Å². The average molecular weight is 378 g/mol. The van der Waals surface area contributed by atoms with Crippen molar-refractivity contribution in [1.29, 1.82) is 0 Å². The normalized spacial score (nSPS) is 16.2. The van der Waals surface area contributed by atoms with Gasteiger partial charge in [-0.3, -0.25) is 19.8 Å². The summed E-state index contributed by atoms with van der Waals surface area (Å²) in [5.41, 5.74) is -0.0733. The number of hydrogen-bond donors (Lipinski definition) is 1. The maximum atomic E-state index is 12.5. The van der Waals surface area contributed by atoms with E-state index in [0.717, 1.165) is 31.7 Å². The van der Waals surface area contributed by atoms with Crippen molar-refractivity contribution in [3.63, 3.8) is 0 Å². The maximum absolute atomic E-state index is 12.5. The van der Waals surface area contributed by atoms with Crippen LogP contribution in [0.5, 0.6) is 0 Å². The molecule has 1 fully saturated rings. The van der Waals surface area contributed by atoms with E-state index in [1.807, 2.05) is 12.1 Å². The topological polar surface area (TPSA) is 88.6 Å². The Bertz CT molecular complexity index is 773. The van der Waals surface area contributed by atoms with Crippen LogP contribution in [0.4, 0.5) is 5.69 Å². The molecule has 1 N–H and O–H groups in total. The number of nitrogens with one attached hydrogen (secondary N) is 1. The number of carbonyl (C=O) groups is 1. The van der Waals surface area contributed by atoms with Gasteiger partial charge in [-0.15, -0.1) is 0 Å². The Morgan fingerprint density at radius 3 is 2.73 bits per heavy atom. The van der Waals surface area contributed by atoms with Gasteiger partial charge in [0.05, 0.1) is 17.2 Å². The van der Waals surface area contributed by atoms with E-state index in [4.69, 9.17) is 16.0 Å². The number of carbonyl (C=O) groups excluding carboxylic acids is 1. The zero-order valence-electron chi connectivity index (χ0n) is 14.2. The van der Waals surface area contributed by atoms with Gasteiger partial charge in [-0.25, -0.2) is 0 Å². The van der Waals surface area contributed by atoms with E-state index in [1.165, 1.54) is 24.6 Å². The quantitative estimate of drug-likeness (QED) is 0.611. The molecular weight excluding hydrogens is 358 g/mol. The van der Waals surface area contributed by atoms with Crippen molar-refractivity contribution in [3.8, 4) is 0 Å². The Morgan fingerprint density at radius 2 is 2.08 bits per heavy atom. The summed E-state index contributed by atoms with van der Waals surface area (Å²) in [6.45, 7) is 2.27. The smallest absolute Gasteiger partial charge is 0.288 e. The fourth-order valence-electron chi connectivity index (χ4n) is 3.21. The van der Waals surface area contributed by atoms with Crippen molar-refractivity contribution < 1.29 is 14.1 Å². The summed E-state index contributed by atoms with van der Waals surface area (Å²) in [4.78, 5) is 25.2. The second kappa shape index (κ2) is 8.33. The molecule has 1 atom stereocenters. The first-order chi connectivity index (χ1) is 12.6. The van der Waals surface area contributed by atoms with Crippen LogP contribution in [0.25, 0.3) is 0 Å². The average Bonchev–Trinajstić information content (AvgIpc) is 3.17. The highest BCUT2D eigenvalue weighted by Crippen LogP contribution is 2.26. The number of nitro groups is 1. The monoisotopic (exact) mass is 377 g/mol. The molecule has 1 amide bonds. The summed E-state index contributed by atoms with van der Waals surface area (Å²) in [5, 5.41) is 13.9. The van der Waals surface area contributed by atoms with Crippen molar-refractivity contribution >= 4 is 23.2 Å². The molecule has 1 saturated heterocycles. The van der Waals surface area contributed by atoms with E-state index in [0.29, 0.717) is 6.54 Å². The molecule has 2 aromatic rings. The highest BCUT2D eigenvalue weighted by Gasteiger charge is 2.25. The molecule has 8 heteroatoms. The summed E-state index contributed by atoms with van der Waals surface area (Å²) in [6.07, 6.45) is 5.07. The third kappa shape index (κ3) is 4.23. The lowest BCUT2D eigenvalue weighted by molar-refractivity contribution is -0.384. The van der Waals surface area contributed by atoms with Crippen LogP contribution in [0, 0.1) is 10.1 Å². The van der Waals surface area contributed by atoms with E-state index in [2.05, 4.69) is 10.2 Å². The zero-order valence-corrected chi connectivity index (χ0v) is 14.9. The Labute approximate surface area is 156 Å². The number of rotatable bonds is 6. The number of nitro benzene ring substituents is 1. The van der Waals surface area contributed by atoms with E-state index in [-0.39, 0.29) is 28.2 Å². The summed E-state index contributed by atoms with van der Waals surface area (Å²) >= 11 is 5.80. The third-order valence-electron chi connectivity index (χ3n) is 4.56. The maximum Gasteiger partial charge on any atom is 0.288 e. The molecule has 1 aromatic carbocycles. The van der Waals surface area contributed by atoms with Gasteiger partial charge in [0.1, 0.15) is 10.8 Å². The summed E-state index contributed by atoms with van der Waals surface area (Å²) in [5.74, 6) is 0.424. The molecule has 0 aliphatic carbocycles. The summed E-state index contributed by atoms with van der Waals surface area (Å²) in [7, 11) is 0. The van der Waals surface area contributed by atoms with Gasteiger partial charge in [0.15, 0.2) is 0 Å². The minimum absolute atomic E-state index is 0.00771. The Morgan fingerprint density at radius 1 is 1.31 bits per heavy atom. The van der Waals surface area contributed by atoms with Crippen LogP contribution in [0.2, 0.25) is 5.02 Å². The van der Waals surface area contributed by atoms with Gasteiger partial charge in [-0.2, -0.15) is 0 Å². The molecule has 1 aliphatic rings. The van der Waals surface area contributed by atoms with Crippen molar-refractivity contribution in [2.75, 3.05) is 19.6 Å². The van der Waals surface area contributed by atoms with Crippen molar-refractivity contribution in [1.82, 2.24) is 10.2 Å². The first-order valence-corrected chi connectivity index (χ1v) is 8.93. The van der Waals surface area contributed by atoms with Crippen LogP contribution < -0.4 is 5.32 Å². The molecule has 7 nitrogen and oxygen atoms in total. The second-order valence-corrected chi connectivity index (χ2v) is 6.67. The molecule has 2 heterocycles. The van der Waals surface area contributed by atoms with Crippen LogP contribution in [-0.4, -0.2) is 35.4 Å². The molecule has 1 unspecified atom stereocenters. The zero-order chi connectivity index (χ0) is 18.5. The van der Waals surface area contributed by atoms with Crippen LogP contribution in [0.3, 0.4) is 0 Å². The first-order valence-electron chi connectivity index (χ1n) is 8.56. The van der Waals surface area contributed by atoms with Gasteiger partial charge in [0.2, 0.25) is 0 Å². The Kier molecular flexibility index (Phi) is 5.90. The number of furan rings is 1. The predicted octanol–water partition coefficient (Wildman–Crippen LogP) is 3.80. The largest absolute Gasteiger partial charge is 0.468 e. The van der Waals surface area contributed by atoms with Gasteiger partial charge in [0.25, 0.3) is 11.6 Å². The standard InChI is InChI=1S/C18H20ClN3O4/c19-14-7-6-13(11-15(14)22(24)25)18(23)20-12-16(17-5-4-10-26-17)21-8-2-1-3-9-21/h4-7,10-11,16H,1-3,8-9,12H2,(H,20,23). The van der Waals surface area contributed by atoms with Crippen LogP contribution >= 0.6 is 11.6 Å². The van der Waals surface area contributed by atoms with E-state index >= 15 is 0 Å². The van der Waals surface area contributed by atoms with Crippen molar-refractivity contribution in [3.05, 3.63) is 63.1 Å². The number of nitrogens with zero attached hydrogens (tertiary/aromatic N) is 2. The minimum Gasteiger partial charge on any atom is -0.468 e. The molecule has 0 radical (unpaired) electrons. The van der Waals surface area contributed by atoms with Crippen LogP contribution in [0.15, 0.2) is 41.0 Å². The molecule has 138 valence electrons. The number of likely N-dealkylation sites (tertiary alicyclic amines) is 1. The van der Waals surface area contributed by atoms with Gasteiger partial charge in [0, 0.05) is 18.2 Å². The molecule has 0 spiro atoms. The lowest BCUT2D eigenvalue weighted by Crippen LogP contribution is -2.40. The van der Waals surface area contributed by atoms with Gasteiger partial charge >= 0.3 is 0 Å². The minimum atomic E-state index is -0.599. The number of piperidine rings is 1. The SMILES string of the molecule is O=C(NCC(c1ccco1)N1CCCCC1)c1ccc(Cl)c([N+](=O)[O-])c1. The molecule has 3 rings (SSSR count). The lowest BCUT2D eigenvalue weighted by atomic mass is 10.1. The highest BCUT2D eigenvalue weighted by molar-refractivity contribution is 6.32. The molecular formula is C18H20ClN3O4. The lowest BCUT2D eigenvalue weighted by Gasteiger charge is -2.33. The van der Waals surface area contributed by atoms with Crippen LogP contribution in [0.1, 0.15) is 41.4 Å². The molecule has 1 aliphatic heterocycles. The third-order valence-corrected chi connectivity index (χ3v) is 4.88. The number of amides is 1. The summed E-state index contributed by atoms with van der Waals surface area (Å²) in [6, 6.07) is 7.71. The fourth-order valence-corrected chi connectivity index (χ4v) is 3.39. The number of halogens is 1. The number of benzene rings is 1. The second-order valence-electron chi connectivity index (χ2n) is 6.26. The predicted molar refractivity (Wildman–Crippen MR) is 97.3 cm³/mol. The highest BCUT2D eigenvalue weighted by atomic mass is 35.5. The van der Waals surface area contributed by atoms with E-state index < -0.39 is 4.92 Å². The van der Waals surface area contributed by atoms with Crippen molar-refractivity contribution in [2.45, 2.75) is 25.3 Å². The Hall–Kier alpha value is -2.38. The van der Waals surface area contributed by atoms with Crippen LogP contribution in [-0.2, 0) is 0 Å². The first kappa shape index (κ1) is 18.4. The Balaban J connectivity index is 1.71. The van der Waals surface area contributed by atoms with E-state index in [9.17, 15) is 14.9 Å². The number of hydrogen-bond acceptors (Lipinski definition) is 5. The molecule has 26 heavy (non-hydrogen) atoms. The molecule has 0 bridgehead atoms. The van der Waals surface area contributed by atoms with Crippen molar-refractivity contribution in [2.24, 2.45) is 0 Å². The van der Waals surface area contributed by atoms with Gasteiger partial charge in [-0.1, -0.05) is 18.0 Å². The molecule has 0 saturated carbocycles.